The molecule has 4 aromatic carbocycles. The first-order valence-electron chi connectivity index (χ1n) is 14.1. The van der Waals surface area contributed by atoms with Gasteiger partial charge >= 0.3 is 5.97 Å². The number of methoxy groups -OCH3 is 1. The van der Waals surface area contributed by atoms with E-state index in [9.17, 15) is 14.7 Å². The van der Waals surface area contributed by atoms with Gasteiger partial charge in [-0.1, -0.05) is 48.5 Å². The minimum Gasteiger partial charge on any atom is -0.507 e. The first-order valence-corrected chi connectivity index (χ1v) is 14.1. The van der Waals surface area contributed by atoms with E-state index in [1.807, 2.05) is 42.5 Å². The normalized spacial score (nSPS) is 15.4. The molecule has 3 heterocycles. The van der Waals surface area contributed by atoms with Crippen LogP contribution in [0.5, 0.6) is 28.7 Å². The lowest BCUT2D eigenvalue weighted by atomic mass is 9.84. The number of aromatic hydroxyl groups is 1. The van der Waals surface area contributed by atoms with Crippen molar-refractivity contribution >= 4 is 16.9 Å². The Balaban J connectivity index is 1.25. The number of carbonyl (C=O) groups is 1. The van der Waals surface area contributed by atoms with Crippen molar-refractivity contribution in [3.63, 3.8) is 0 Å². The summed E-state index contributed by atoms with van der Waals surface area (Å²) in [6, 6.07) is 22.1. The van der Waals surface area contributed by atoms with Crippen molar-refractivity contribution in [2.45, 2.75) is 25.2 Å². The number of phenols is 1. The van der Waals surface area contributed by atoms with Crippen LogP contribution in [0.25, 0.3) is 22.1 Å². The molecule has 1 unspecified atom stereocenters. The fraction of sp³-hybridized carbons (Fsp3) is 0.200. The minimum atomic E-state index is -0.518. The SMILES string of the molecule is COc1ccc(C2CC(=O)Oc3cc(O)c4c(=O)c(-c5ccccc5)coc4c32)cc1OCCc1ccc2c(c1)CCO2. The van der Waals surface area contributed by atoms with Crippen LogP contribution >= 0.6 is 0 Å². The van der Waals surface area contributed by atoms with E-state index < -0.39 is 11.9 Å². The van der Waals surface area contributed by atoms with Gasteiger partial charge in [0.1, 0.15) is 34.5 Å². The summed E-state index contributed by atoms with van der Waals surface area (Å²) in [6.07, 6.45) is 3.00. The lowest BCUT2D eigenvalue weighted by Crippen LogP contribution is -2.22. The van der Waals surface area contributed by atoms with Gasteiger partial charge in [-0.2, -0.15) is 0 Å². The minimum absolute atomic E-state index is 0.0139. The fourth-order valence-corrected chi connectivity index (χ4v) is 5.93. The number of benzene rings is 4. The van der Waals surface area contributed by atoms with Gasteiger partial charge in [-0.3, -0.25) is 9.59 Å². The van der Waals surface area contributed by atoms with Crippen molar-refractivity contribution in [1.29, 1.82) is 0 Å². The second kappa shape index (κ2) is 10.9. The maximum absolute atomic E-state index is 13.6. The summed E-state index contributed by atoms with van der Waals surface area (Å²) in [5.41, 5.74) is 4.43. The highest BCUT2D eigenvalue weighted by molar-refractivity contribution is 5.94. The van der Waals surface area contributed by atoms with Crippen LogP contribution in [0, 0.1) is 0 Å². The maximum Gasteiger partial charge on any atom is 0.312 e. The molecule has 0 spiro atoms. The highest BCUT2D eigenvalue weighted by Crippen LogP contribution is 2.47. The molecule has 0 bridgehead atoms. The number of ether oxygens (including phenoxy) is 4. The van der Waals surface area contributed by atoms with Crippen molar-refractivity contribution < 1.29 is 33.3 Å². The summed E-state index contributed by atoms with van der Waals surface area (Å²) in [4.78, 5) is 26.3. The predicted octanol–water partition coefficient (Wildman–Crippen LogP) is 6.17. The molecule has 8 heteroatoms. The van der Waals surface area contributed by atoms with Crippen molar-refractivity contribution in [1.82, 2.24) is 0 Å². The Morgan fingerprint density at radius 3 is 2.65 bits per heavy atom. The molecule has 2 aliphatic rings. The molecule has 43 heavy (non-hydrogen) atoms. The van der Waals surface area contributed by atoms with Crippen LogP contribution in [0.1, 0.15) is 34.6 Å². The summed E-state index contributed by atoms with van der Waals surface area (Å²) in [5.74, 6) is 0.887. The third-order valence-electron chi connectivity index (χ3n) is 8.05. The number of hydrogen-bond acceptors (Lipinski definition) is 8. The summed E-state index contributed by atoms with van der Waals surface area (Å²) >= 11 is 0. The average molecular weight is 577 g/mol. The molecule has 5 aromatic rings. The Bertz CT molecular complexity index is 1930. The van der Waals surface area contributed by atoms with Crippen molar-refractivity contribution in [2.75, 3.05) is 20.3 Å². The lowest BCUT2D eigenvalue weighted by molar-refractivity contribution is -0.135. The van der Waals surface area contributed by atoms with E-state index in [2.05, 4.69) is 6.07 Å². The molecule has 1 atom stereocenters. The van der Waals surface area contributed by atoms with E-state index in [4.69, 9.17) is 23.4 Å². The summed E-state index contributed by atoms with van der Waals surface area (Å²) in [6.45, 7) is 1.13. The topological polar surface area (TPSA) is 104 Å². The van der Waals surface area contributed by atoms with E-state index in [1.54, 1.807) is 25.3 Å². The molecule has 8 nitrogen and oxygen atoms in total. The monoisotopic (exact) mass is 576 g/mol. The summed E-state index contributed by atoms with van der Waals surface area (Å²) < 4.78 is 29.0. The van der Waals surface area contributed by atoms with Crippen LogP contribution < -0.4 is 24.4 Å². The van der Waals surface area contributed by atoms with Gasteiger partial charge in [-0.25, -0.2) is 0 Å². The predicted molar refractivity (Wildman–Crippen MR) is 160 cm³/mol. The van der Waals surface area contributed by atoms with Gasteiger partial charge in [0.15, 0.2) is 11.5 Å². The van der Waals surface area contributed by atoms with Crippen LogP contribution in [0.2, 0.25) is 0 Å². The first kappa shape index (κ1) is 26.6. The molecular weight excluding hydrogens is 548 g/mol. The molecule has 2 aliphatic heterocycles. The van der Waals surface area contributed by atoms with Crippen LogP contribution in [0.15, 0.2) is 88.3 Å². The molecule has 0 saturated carbocycles. The smallest absolute Gasteiger partial charge is 0.312 e. The van der Waals surface area contributed by atoms with Gasteiger partial charge in [-0.15, -0.1) is 0 Å². The third-order valence-corrected chi connectivity index (χ3v) is 8.05. The van der Waals surface area contributed by atoms with Gasteiger partial charge in [0, 0.05) is 30.4 Å². The highest BCUT2D eigenvalue weighted by Gasteiger charge is 2.34. The van der Waals surface area contributed by atoms with E-state index in [1.165, 1.54) is 17.9 Å². The molecule has 1 N–H and O–H groups in total. The van der Waals surface area contributed by atoms with Crippen LogP contribution in [-0.4, -0.2) is 31.4 Å². The van der Waals surface area contributed by atoms with E-state index >= 15 is 0 Å². The molecule has 0 aliphatic carbocycles. The molecule has 216 valence electrons. The Hall–Kier alpha value is -5.24. The third kappa shape index (κ3) is 4.84. The molecule has 0 saturated heterocycles. The summed E-state index contributed by atoms with van der Waals surface area (Å²) in [7, 11) is 1.57. The van der Waals surface area contributed by atoms with E-state index in [-0.39, 0.29) is 34.3 Å². The molecule has 7 rings (SSSR count). The Morgan fingerprint density at radius 2 is 1.81 bits per heavy atom. The molecule has 0 amide bonds. The zero-order valence-electron chi connectivity index (χ0n) is 23.4. The van der Waals surface area contributed by atoms with Crippen molar-refractivity contribution in [3.05, 3.63) is 112 Å². The van der Waals surface area contributed by atoms with Gasteiger partial charge in [0.05, 0.1) is 32.3 Å². The van der Waals surface area contributed by atoms with Gasteiger partial charge in [0.2, 0.25) is 5.43 Å². The second-order valence-electron chi connectivity index (χ2n) is 10.6. The van der Waals surface area contributed by atoms with Crippen LogP contribution in [0.4, 0.5) is 0 Å². The Labute approximate surface area is 247 Å². The van der Waals surface area contributed by atoms with Gasteiger partial charge in [-0.05, 0) is 40.5 Å². The first-order chi connectivity index (χ1) is 21.0. The van der Waals surface area contributed by atoms with Crippen LogP contribution in [0.3, 0.4) is 0 Å². The Kier molecular flexibility index (Phi) is 6.74. The largest absolute Gasteiger partial charge is 0.507 e. The quantitative estimate of drug-likeness (QED) is 0.181. The molecular formula is C35H28O8. The van der Waals surface area contributed by atoms with Gasteiger partial charge < -0.3 is 28.5 Å². The van der Waals surface area contributed by atoms with Crippen molar-refractivity contribution in [3.8, 4) is 39.9 Å². The van der Waals surface area contributed by atoms with Crippen LogP contribution in [-0.2, 0) is 17.6 Å². The summed E-state index contributed by atoms with van der Waals surface area (Å²) in [5, 5.41) is 10.9. The maximum atomic E-state index is 13.6. The number of hydrogen-bond donors (Lipinski definition) is 1. The molecule has 1 aromatic heterocycles. The number of esters is 1. The molecule has 0 fully saturated rings. The Morgan fingerprint density at radius 1 is 0.953 bits per heavy atom. The zero-order chi connectivity index (χ0) is 29.5. The fourth-order valence-electron chi connectivity index (χ4n) is 5.93. The number of phenolic OH excluding ortho intramolecular Hbond substituents is 1. The number of fused-ring (bicyclic) bond motifs is 4. The number of carbonyl (C=O) groups excluding carboxylic acids is 1. The van der Waals surface area contributed by atoms with E-state index in [0.717, 1.165) is 23.3 Å². The lowest BCUT2D eigenvalue weighted by Gasteiger charge is -2.26. The molecule has 0 radical (unpaired) electrons. The standard InChI is InChI=1S/C35H28O8/c1-39-28-10-8-22(16-29(28)41-13-11-20-7-9-27-23(15-20)12-14-40-27)24-17-31(37)43-30-18-26(36)33-34(38)25(19-42-35(33)32(24)30)21-5-3-2-4-6-21/h2-10,15-16,18-19,24,36H,11-14,17H2,1H3. The average Bonchev–Trinajstić information content (AvgIpc) is 3.49. The highest BCUT2D eigenvalue weighted by atomic mass is 16.5. The van der Waals surface area contributed by atoms with Crippen molar-refractivity contribution in [2.24, 2.45) is 0 Å². The number of rotatable bonds is 7. The second-order valence-corrected chi connectivity index (χ2v) is 10.6. The van der Waals surface area contributed by atoms with E-state index in [0.29, 0.717) is 47.8 Å². The zero-order valence-corrected chi connectivity index (χ0v) is 23.4. The van der Waals surface area contributed by atoms with Gasteiger partial charge in [0.25, 0.3) is 0 Å².